The van der Waals surface area contributed by atoms with Crippen LogP contribution in [0.3, 0.4) is 0 Å². The van der Waals surface area contributed by atoms with Crippen LogP contribution in [0.4, 0.5) is 15.9 Å². The van der Waals surface area contributed by atoms with Crippen LogP contribution in [0.25, 0.3) is 11.3 Å². The smallest absolute Gasteiger partial charge is 0.260 e. The average molecular weight is 449 g/mol. The number of amides is 1. The molecule has 0 aliphatic carbocycles. The van der Waals surface area contributed by atoms with Crippen LogP contribution in [0, 0.1) is 5.82 Å². The molecule has 3 aromatic rings. The summed E-state index contributed by atoms with van der Waals surface area (Å²) >= 11 is 0. The minimum Gasteiger partial charge on any atom is -0.496 e. The van der Waals surface area contributed by atoms with Gasteiger partial charge in [0.1, 0.15) is 17.4 Å². The van der Waals surface area contributed by atoms with E-state index in [-0.39, 0.29) is 24.1 Å². The van der Waals surface area contributed by atoms with Crippen molar-refractivity contribution in [3.8, 4) is 17.0 Å². The molecular weight excluding hydrogens is 423 g/mol. The van der Waals surface area contributed by atoms with E-state index >= 15 is 0 Å². The average Bonchev–Trinajstić information content (AvgIpc) is 3.20. The zero-order valence-corrected chi connectivity index (χ0v) is 18.3. The summed E-state index contributed by atoms with van der Waals surface area (Å²) in [5.41, 5.74) is 8.69. The van der Waals surface area contributed by atoms with Gasteiger partial charge < -0.3 is 20.7 Å². The van der Waals surface area contributed by atoms with E-state index in [1.54, 1.807) is 29.3 Å². The van der Waals surface area contributed by atoms with Crippen molar-refractivity contribution in [1.82, 2.24) is 15.3 Å². The molecule has 170 valence electrons. The molecule has 1 saturated heterocycles. The molecule has 9 heteroatoms. The highest BCUT2D eigenvalue weighted by Crippen LogP contribution is 2.38. The third kappa shape index (κ3) is 3.69. The minimum absolute atomic E-state index is 0.189. The Balaban J connectivity index is 1.46. The van der Waals surface area contributed by atoms with Gasteiger partial charge in [-0.1, -0.05) is 6.07 Å². The number of carbonyl (C=O) groups is 1. The highest BCUT2D eigenvalue weighted by atomic mass is 19.1. The lowest BCUT2D eigenvalue weighted by atomic mass is 10.0. The number of hydrogen-bond acceptors (Lipinski definition) is 7. The number of methoxy groups -OCH3 is 1. The second-order valence-electron chi connectivity index (χ2n) is 8.06. The predicted molar refractivity (Wildman–Crippen MR) is 124 cm³/mol. The number of ether oxygens (including phenoxy) is 1. The molecule has 0 bridgehead atoms. The van der Waals surface area contributed by atoms with Crippen molar-refractivity contribution in [3.05, 3.63) is 65.7 Å². The van der Waals surface area contributed by atoms with Crippen molar-refractivity contribution in [2.45, 2.75) is 12.6 Å². The number of nitrogens with one attached hydrogen (secondary N) is 1. The molecule has 2 aromatic heterocycles. The molecular formula is C24H25FN6O2. The Bertz CT molecular complexity index is 1190. The number of anilines is 2. The second-order valence-corrected chi connectivity index (χ2v) is 8.06. The molecule has 0 radical (unpaired) electrons. The standard InChI is InChI=1S/C24H25FN6O2/c1-33-20-4-2-3-19(25)22(20)23-18-14-31(24(32)17(18)7-8-28-23)21-6-5-15(13-29-21)30-10-9-27-12-16(30)11-26/h2-8,13,16,27H,9-12,14,26H2,1H3. The first-order valence-electron chi connectivity index (χ1n) is 10.9. The molecule has 1 amide bonds. The van der Waals surface area contributed by atoms with Gasteiger partial charge in [0.15, 0.2) is 0 Å². The van der Waals surface area contributed by atoms with Crippen molar-refractivity contribution >= 4 is 17.4 Å². The molecule has 2 aliphatic rings. The van der Waals surface area contributed by atoms with Crippen LogP contribution >= 0.6 is 0 Å². The minimum atomic E-state index is -0.450. The van der Waals surface area contributed by atoms with Gasteiger partial charge >= 0.3 is 0 Å². The van der Waals surface area contributed by atoms with Crippen molar-refractivity contribution < 1.29 is 13.9 Å². The Morgan fingerprint density at radius 2 is 2.12 bits per heavy atom. The number of rotatable bonds is 5. The Hall–Kier alpha value is -3.56. The van der Waals surface area contributed by atoms with E-state index < -0.39 is 5.82 Å². The first-order chi connectivity index (χ1) is 16.1. The lowest BCUT2D eigenvalue weighted by Gasteiger charge is -2.37. The fourth-order valence-corrected chi connectivity index (χ4v) is 4.55. The summed E-state index contributed by atoms with van der Waals surface area (Å²) in [5, 5.41) is 3.35. The van der Waals surface area contributed by atoms with E-state index in [0.717, 1.165) is 25.3 Å². The zero-order valence-electron chi connectivity index (χ0n) is 18.3. The summed E-state index contributed by atoms with van der Waals surface area (Å²) in [7, 11) is 1.48. The first-order valence-corrected chi connectivity index (χ1v) is 10.9. The monoisotopic (exact) mass is 448 g/mol. The maximum atomic E-state index is 14.7. The summed E-state index contributed by atoms with van der Waals surface area (Å²) in [6, 6.07) is 10.3. The Kier molecular flexibility index (Phi) is 5.65. The number of halogens is 1. The Labute approximate surface area is 191 Å². The third-order valence-corrected chi connectivity index (χ3v) is 6.24. The molecule has 4 heterocycles. The second kappa shape index (κ2) is 8.76. The van der Waals surface area contributed by atoms with Crippen LogP contribution in [0.2, 0.25) is 0 Å². The van der Waals surface area contributed by atoms with Crippen LogP contribution in [0.15, 0.2) is 48.8 Å². The van der Waals surface area contributed by atoms with Crippen LogP contribution in [-0.2, 0) is 6.54 Å². The fourth-order valence-electron chi connectivity index (χ4n) is 4.55. The molecule has 33 heavy (non-hydrogen) atoms. The Morgan fingerprint density at radius 3 is 2.88 bits per heavy atom. The molecule has 2 aliphatic heterocycles. The summed E-state index contributed by atoms with van der Waals surface area (Å²) in [6.07, 6.45) is 3.30. The number of benzene rings is 1. The molecule has 1 unspecified atom stereocenters. The number of aromatic nitrogens is 2. The van der Waals surface area contributed by atoms with E-state index in [2.05, 4.69) is 20.2 Å². The van der Waals surface area contributed by atoms with Gasteiger partial charge in [0.05, 0.1) is 42.8 Å². The molecule has 8 nitrogen and oxygen atoms in total. The SMILES string of the molecule is COc1cccc(F)c1-c1nccc2c1CN(c1ccc(N3CCNCC3CN)cn1)C2=O. The van der Waals surface area contributed by atoms with E-state index in [1.807, 2.05) is 12.1 Å². The maximum Gasteiger partial charge on any atom is 0.260 e. The van der Waals surface area contributed by atoms with Crippen molar-refractivity contribution in [3.63, 3.8) is 0 Å². The van der Waals surface area contributed by atoms with Gasteiger partial charge in [-0.05, 0) is 30.3 Å². The Morgan fingerprint density at radius 1 is 1.24 bits per heavy atom. The van der Waals surface area contributed by atoms with Crippen LogP contribution in [-0.4, -0.2) is 55.2 Å². The lowest BCUT2D eigenvalue weighted by molar-refractivity contribution is 0.0996. The first kappa shape index (κ1) is 21.3. The zero-order chi connectivity index (χ0) is 22.9. The van der Waals surface area contributed by atoms with Gasteiger partial charge in [-0.2, -0.15) is 0 Å². The highest BCUT2D eigenvalue weighted by molar-refractivity contribution is 6.10. The van der Waals surface area contributed by atoms with E-state index in [0.29, 0.717) is 34.9 Å². The lowest BCUT2D eigenvalue weighted by Crippen LogP contribution is -2.54. The van der Waals surface area contributed by atoms with Gasteiger partial charge in [-0.3, -0.25) is 14.7 Å². The number of carbonyl (C=O) groups excluding carboxylic acids is 1. The summed E-state index contributed by atoms with van der Waals surface area (Å²) < 4.78 is 20.1. The number of fused-ring (bicyclic) bond motifs is 1. The van der Waals surface area contributed by atoms with Crippen LogP contribution in [0.5, 0.6) is 5.75 Å². The quantitative estimate of drug-likeness (QED) is 0.618. The number of pyridine rings is 2. The molecule has 5 rings (SSSR count). The van der Waals surface area contributed by atoms with E-state index in [4.69, 9.17) is 10.5 Å². The van der Waals surface area contributed by atoms with Gasteiger partial charge in [0, 0.05) is 43.5 Å². The van der Waals surface area contributed by atoms with E-state index in [9.17, 15) is 9.18 Å². The summed E-state index contributed by atoms with van der Waals surface area (Å²) in [6.45, 7) is 3.35. The van der Waals surface area contributed by atoms with E-state index in [1.165, 1.54) is 19.4 Å². The van der Waals surface area contributed by atoms with Crippen LogP contribution < -0.4 is 25.6 Å². The van der Waals surface area contributed by atoms with Crippen LogP contribution in [0.1, 0.15) is 15.9 Å². The van der Waals surface area contributed by atoms with Gasteiger partial charge in [-0.25, -0.2) is 9.37 Å². The fraction of sp³-hybridized carbons (Fsp3) is 0.292. The van der Waals surface area contributed by atoms with Crippen molar-refractivity contribution in [2.75, 3.05) is 43.1 Å². The van der Waals surface area contributed by atoms with Gasteiger partial charge in [-0.15, -0.1) is 0 Å². The third-order valence-electron chi connectivity index (χ3n) is 6.24. The molecule has 0 spiro atoms. The largest absolute Gasteiger partial charge is 0.496 e. The summed E-state index contributed by atoms with van der Waals surface area (Å²) in [5.74, 6) is 0.265. The number of hydrogen-bond donors (Lipinski definition) is 2. The molecule has 1 fully saturated rings. The maximum absolute atomic E-state index is 14.7. The highest BCUT2D eigenvalue weighted by Gasteiger charge is 2.33. The molecule has 3 N–H and O–H groups in total. The number of nitrogens with two attached hydrogens (primary N) is 1. The number of piperazine rings is 1. The number of nitrogens with zero attached hydrogens (tertiary/aromatic N) is 4. The normalized spacial score (nSPS) is 17.9. The van der Waals surface area contributed by atoms with Crippen molar-refractivity contribution in [1.29, 1.82) is 0 Å². The molecule has 1 aromatic carbocycles. The van der Waals surface area contributed by atoms with Gasteiger partial charge in [0.2, 0.25) is 0 Å². The summed E-state index contributed by atoms with van der Waals surface area (Å²) in [4.78, 5) is 26.0. The predicted octanol–water partition coefficient (Wildman–Crippen LogP) is 2.19. The molecule has 1 atom stereocenters. The van der Waals surface area contributed by atoms with Crippen molar-refractivity contribution in [2.24, 2.45) is 5.73 Å². The van der Waals surface area contributed by atoms with Gasteiger partial charge in [0.25, 0.3) is 5.91 Å². The molecule has 0 saturated carbocycles. The topological polar surface area (TPSA) is 96.6 Å².